The Bertz CT molecular complexity index is 757. The maximum Gasteiger partial charge on any atom is 0.328 e. The fourth-order valence-electron chi connectivity index (χ4n) is 1.96. The van der Waals surface area contributed by atoms with Gasteiger partial charge in [-0.05, 0) is 53.3 Å². The molecule has 1 fully saturated rings. The Morgan fingerprint density at radius 3 is 2.46 bits per heavy atom. The molecule has 4 amide bonds. The maximum absolute atomic E-state index is 11.8. The summed E-state index contributed by atoms with van der Waals surface area (Å²) in [6, 6.07) is 2.49. The van der Waals surface area contributed by atoms with Crippen LogP contribution >= 0.6 is 22.6 Å². The standard InChI is InChI=1S/C16H13IN2O5/c1-3-5-24-13-11(17)7-9(8-12(13)23-4-2)6-10-14(20)18-16(22)19-15(10)21/h1,6-8H,4-5H2,2H3,(H2,18,19,20,21,22). The minimum Gasteiger partial charge on any atom is -0.490 e. The van der Waals surface area contributed by atoms with E-state index >= 15 is 0 Å². The molecule has 2 rings (SSSR count). The molecule has 1 aromatic carbocycles. The molecule has 124 valence electrons. The van der Waals surface area contributed by atoms with Crippen LogP contribution in [0.15, 0.2) is 17.7 Å². The van der Waals surface area contributed by atoms with Crippen molar-refractivity contribution < 1.29 is 23.9 Å². The predicted molar refractivity (Wildman–Crippen MR) is 94.3 cm³/mol. The average molecular weight is 440 g/mol. The van der Waals surface area contributed by atoms with Gasteiger partial charge in [0, 0.05) is 0 Å². The van der Waals surface area contributed by atoms with Gasteiger partial charge in [-0.2, -0.15) is 0 Å². The fraction of sp³-hybridized carbons (Fsp3) is 0.188. The van der Waals surface area contributed by atoms with Crippen LogP contribution in [0.25, 0.3) is 6.08 Å². The van der Waals surface area contributed by atoms with Crippen LogP contribution in [0.4, 0.5) is 4.79 Å². The van der Waals surface area contributed by atoms with Crippen molar-refractivity contribution >= 4 is 46.5 Å². The number of terminal acetylenes is 1. The van der Waals surface area contributed by atoms with E-state index in [4.69, 9.17) is 15.9 Å². The Morgan fingerprint density at radius 1 is 1.21 bits per heavy atom. The molecule has 0 atom stereocenters. The summed E-state index contributed by atoms with van der Waals surface area (Å²) in [6.45, 7) is 2.30. The summed E-state index contributed by atoms with van der Waals surface area (Å²) in [5.74, 6) is 1.79. The number of benzene rings is 1. The normalized spacial score (nSPS) is 13.7. The number of imide groups is 2. The molecule has 0 unspecified atom stereocenters. The number of halogens is 1. The quantitative estimate of drug-likeness (QED) is 0.313. The van der Waals surface area contributed by atoms with Crippen LogP contribution in [-0.4, -0.2) is 31.1 Å². The first-order valence-corrected chi connectivity index (χ1v) is 7.95. The van der Waals surface area contributed by atoms with Gasteiger partial charge in [-0.3, -0.25) is 20.2 Å². The van der Waals surface area contributed by atoms with Gasteiger partial charge in [0.15, 0.2) is 11.5 Å². The molecule has 1 aliphatic rings. The lowest BCUT2D eigenvalue weighted by Gasteiger charge is -2.15. The highest BCUT2D eigenvalue weighted by Crippen LogP contribution is 2.35. The highest BCUT2D eigenvalue weighted by atomic mass is 127. The molecule has 24 heavy (non-hydrogen) atoms. The minimum absolute atomic E-state index is 0.0867. The largest absolute Gasteiger partial charge is 0.490 e. The molecule has 0 radical (unpaired) electrons. The summed E-state index contributed by atoms with van der Waals surface area (Å²) in [5.41, 5.74) is 0.371. The second-order valence-electron chi connectivity index (χ2n) is 4.55. The van der Waals surface area contributed by atoms with E-state index in [1.807, 2.05) is 40.1 Å². The zero-order valence-electron chi connectivity index (χ0n) is 12.6. The van der Waals surface area contributed by atoms with Gasteiger partial charge in [-0.25, -0.2) is 4.79 Å². The first-order chi connectivity index (χ1) is 11.5. The zero-order valence-corrected chi connectivity index (χ0v) is 14.8. The number of hydrogen-bond acceptors (Lipinski definition) is 5. The van der Waals surface area contributed by atoms with Gasteiger partial charge in [0.1, 0.15) is 12.2 Å². The number of nitrogens with one attached hydrogen (secondary N) is 2. The molecular weight excluding hydrogens is 427 g/mol. The molecule has 0 bridgehead atoms. The first-order valence-electron chi connectivity index (χ1n) is 6.87. The van der Waals surface area contributed by atoms with Crippen molar-refractivity contribution in [3.63, 3.8) is 0 Å². The molecule has 0 aliphatic carbocycles. The molecule has 1 saturated heterocycles. The summed E-state index contributed by atoms with van der Waals surface area (Å²) < 4.78 is 11.7. The summed E-state index contributed by atoms with van der Waals surface area (Å²) in [5, 5.41) is 4.03. The monoisotopic (exact) mass is 440 g/mol. The summed E-state index contributed by atoms with van der Waals surface area (Å²) in [6.07, 6.45) is 6.57. The van der Waals surface area contributed by atoms with Crippen LogP contribution < -0.4 is 20.1 Å². The van der Waals surface area contributed by atoms with E-state index in [2.05, 4.69) is 5.92 Å². The van der Waals surface area contributed by atoms with Gasteiger partial charge >= 0.3 is 6.03 Å². The van der Waals surface area contributed by atoms with Crippen molar-refractivity contribution in [2.45, 2.75) is 6.92 Å². The summed E-state index contributed by atoms with van der Waals surface area (Å²) >= 11 is 2.04. The molecule has 8 heteroatoms. The lowest BCUT2D eigenvalue weighted by molar-refractivity contribution is -0.123. The second kappa shape index (κ2) is 7.83. The smallest absolute Gasteiger partial charge is 0.328 e. The van der Waals surface area contributed by atoms with E-state index in [-0.39, 0.29) is 12.2 Å². The second-order valence-corrected chi connectivity index (χ2v) is 5.71. The van der Waals surface area contributed by atoms with Gasteiger partial charge in [0.2, 0.25) is 0 Å². The topological polar surface area (TPSA) is 93.7 Å². The maximum atomic E-state index is 11.8. The number of rotatable bonds is 5. The lowest BCUT2D eigenvalue weighted by atomic mass is 10.1. The number of barbiturate groups is 1. The van der Waals surface area contributed by atoms with Gasteiger partial charge in [-0.1, -0.05) is 5.92 Å². The number of hydrogen-bond donors (Lipinski definition) is 2. The Labute approximate surface area is 151 Å². The zero-order chi connectivity index (χ0) is 17.7. The molecule has 7 nitrogen and oxygen atoms in total. The highest BCUT2D eigenvalue weighted by molar-refractivity contribution is 14.1. The van der Waals surface area contributed by atoms with Crippen LogP contribution in [-0.2, 0) is 9.59 Å². The fourth-order valence-corrected chi connectivity index (χ4v) is 2.74. The summed E-state index contributed by atoms with van der Waals surface area (Å²) in [4.78, 5) is 34.6. The Kier molecular flexibility index (Phi) is 5.81. The van der Waals surface area contributed by atoms with E-state index in [1.54, 1.807) is 12.1 Å². The van der Waals surface area contributed by atoms with Crippen molar-refractivity contribution in [3.8, 4) is 23.8 Å². The van der Waals surface area contributed by atoms with Gasteiger partial charge in [0.05, 0.1) is 10.2 Å². The molecule has 0 saturated carbocycles. The third kappa shape index (κ3) is 4.05. The van der Waals surface area contributed by atoms with Gasteiger partial charge < -0.3 is 9.47 Å². The van der Waals surface area contributed by atoms with Crippen molar-refractivity contribution in [1.82, 2.24) is 10.6 Å². The molecular formula is C16H13IN2O5. The molecule has 1 aliphatic heterocycles. The minimum atomic E-state index is -0.843. The predicted octanol–water partition coefficient (Wildman–Crippen LogP) is 1.45. The highest BCUT2D eigenvalue weighted by Gasteiger charge is 2.27. The van der Waals surface area contributed by atoms with Crippen molar-refractivity contribution in [2.24, 2.45) is 0 Å². The number of carbonyl (C=O) groups excluding carboxylic acids is 3. The number of carbonyl (C=O) groups is 3. The van der Waals surface area contributed by atoms with Crippen LogP contribution in [0.3, 0.4) is 0 Å². The molecule has 0 spiro atoms. The summed E-state index contributed by atoms with van der Waals surface area (Å²) in [7, 11) is 0. The van der Waals surface area contributed by atoms with E-state index in [0.29, 0.717) is 27.2 Å². The van der Waals surface area contributed by atoms with E-state index in [9.17, 15) is 14.4 Å². The van der Waals surface area contributed by atoms with Gasteiger partial charge in [-0.15, -0.1) is 6.42 Å². The lowest BCUT2D eigenvalue weighted by Crippen LogP contribution is -2.51. The van der Waals surface area contributed by atoms with Crippen molar-refractivity contribution in [1.29, 1.82) is 0 Å². The Morgan fingerprint density at radius 2 is 1.88 bits per heavy atom. The number of amides is 4. The van der Waals surface area contributed by atoms with Crippen LogP contribution in [0, 0.1) is 15.9 Å². The third-order valence-corrected chi connectivity index (χ3v) is 3.69. The molecule has 1 aromatic rings. The Hall–Kier alpha value is -2.54. The van der Waals surface area contributed by atoms with Crippen LogP contribution in [0.1, 0.15) is 12.5 Å². The van der Waals surface area contributed by atoms with Crippen LogP contribution in [0.2, 0.25) is 0 Å². The SMILES string of the molecule is C#CCOc1c(I)cc(C=C2C(=O)NC(=O)NC2=O)cc1OCC. The Balaban J connectivity index is 2.42. The molecule has 2 N–H and O–H groups in total. The van der Waals surface area contributed by atoms with E-state index < -0.39 is 17.8 Å². The van der Waals surface area contributed by atoms with E-state index in [0.717, 1.165) is 0 Å². The third-order valence-electron chi connectivity index (χ3n) is 2.89. The molecule has 0 aromatic heterocycles. The van der Waals surface area contributed by atoms with Crippen molar-refractivity contribution in [2.75, 3.05) is 13.2 Å². The number of ether oxygens (including phenoxy) is 2. The van der Waals surface area contributed by atoms with Crippen molar-refractivity contribution in [3.05, 3.63) is 26.8 Å². The number of urea groups is 1. The average Bonchev–Trinajstić information content (AvgIpc) is 2.50. The first kappa shape index (κ1) is 17.8. The molecule has 1 heterocycles. The van der Waals surface area contributed by atoms with Crippen LogP contribution in [0.5, 0.6) is 11.5 Å². The van der Waals surface area contributed by atoms with E-state index in [1.165, 1.54) is 6.08 Å². The van der Waals surface area contributed by atoms with Gasteiger partial charge in [0.25, 0.3) is 11.8 Å².